The largest absolute Gasteiger partial charge is 0.478 e. The molecular formula is C13H15F2NO2. The third-order valence-electron chi connectivity index (χ3n) is 3.53. The highest BCUT2D eigenvalue weighted by molar-refractivity contribution is 5.88. The van der Waals surface area contributed by atoms with Crippen molar-refractivity contribution in [3.63, 3.8) is 0 Å². The molecule has 0 bridgehead atoms. The Morgan fingerprint density at radius 2 is 1.94 bits per heavy atom. The highest BCUT2D eigenvalue weighted by Gasteiger charge is 2.45. The Bertz CT molecular complexity index is 477. The molecule has 5 heteroatoms. The zero-order chi connectivity index (χ0) is 13.5. The third-order valence-corrected chi connectivity index (χ3v) is 3.53. The lowest BCUT2D eigenvalue weighted by Gasteiger charge is -2.10. The van der Waals surface area contributed by atoms with E-state index in [-0.39, 0.29) is 16.7 Å². The van der Waals surface area contributed by atoms with Gasteiger partial charge in [-0.1, -0.05) is 13.8 Å². The second kappa shape index (κ2) is 4.23. The van der Waals surface area contributed by atoms with Crippen LogP contribution in [0.25, 0.3) is 0 Å². The maximum absolute atomic E-state index is 13.6. The molecule has 1 aromatic rings. The number of benzene rings is 1. The van der Waals surface area contributed by atoms with Crippen molar-refractivity contribution < 1.29 is 18.7 Å². The van der Waals surface area contributed by atoms with Gasteiger partial charge in [-0.15, -0.1) is 0 Å². The minimum absolute atomic E-state index is 0.223. The number of rotatable bonds is 4. The molecule has 1 aliphatic rings. The van der Waals surface area contributed by atoms with Crippen LogP contribution in [0.3, 0.4) is 0 Å². The fraction of sp³-hybridized carbons (Fsp3) is 0.462. The van der Waals surface area contributed by atoms with Gasteiger partial charge in [0.25, 0.3) is 0 Å². The maximum atomic E-state index is 13.6. The summed E-state index contributed by atoms with van der Waals surface area (Å²) in [5.41, 5.74) is -0.411. The van der Waals surface area contributed by atoms with Gasteiger partial charge in [0.15, 0.2) is 0 Å². The third kappa shape index (κ3) is 2.44. The molecule has 2 rings (SSSR count). The van der Waals surface area contributed by atoms with Gasteiger partial charge in [0.1, 0.15) is 17.3 Å². The van der Waals surface area contributed by atoms with Gasteiger partial charge in [-0.05, 0) is 29.9 Å². The van der Waals surface area contributed by atoms with Gasteiger partial charge in [-0.3, -0.25) is 0 Å². The van der Waals surface area contributed by atoms with Crippen LogP contribution in [-0.4, -0.2) is 17.6 Å². The van der Waals surface area contributed by atoms with E-state index >= 15 is 0 Å². The molecule has 18 heavy (non-hydrogen) atoms. The molecule has 1 atom stereocenters. The molecule has 0 spiro atoms. The molecule has 0 aromatic heterocycles. The molecule has 2 N–H and O–H groups in total. The molecule has 1 aliphatic carbocycles. The van der Waals surface area contributed by atoms with E-state index in [1.807, 2.05) is 0 Å². The number of aromatic carboxylic acids is 1. The Morgan fingerprint density at radius 3 is 2.33 bits per heavy atom. The first kappa shape index (κ1) is 12.8. The molecule has 0 radical (unpaired) electrons. The Hall–Kier alpha value is -1.65. The van der Waals surface area contributed by atoms with E-state index in [9.17, 15) is 13.6 Å². The fourth-order valence-corrected chi connectivity index (χ4v) is 2.02. The summed E-state index contributed by atoms with van der Waals surface area (Å²) in [4.78, 5) is 10.6. The average molecular weight is 255 g/mol. The molecule has 0 heterocycles. The number of hydrogen-bond donors (Lipinski definition) is 2. The lowest BCUT2D eigenvalue weighted by atomic mass is 10.1. The monoisotopic (exact) mass is 255 g/mol. The summed E-state index contributed by atoms with van der Waals surface area (Å²) in [6.07, 6.45) is 1.02. The topological polar surface area (TPSA) is 49.3 Å². The predicted octanol–water partition coefficient (Wildman–Crippen LogP) is 3.12. The summed E-state index contributed by atoms with van der Waals surface area (Å²) in [6, 6.07) is 1.65. The van der Waals surface area contributed by atoms with Crippen molar-refractivity contribution in [2.45, 2.75) is 20.3 Å². The zero-order valence-electron chi connectivity index (χ0n) is 10.3. The van der Waals surface area contributed by atoms with E-state index in [1.165, 1.54) is 0 Å². The van der Waals surface area contributed by atoms with Gasteiger partial charge in [0.2, 0.25) is 0 Å². The van der Waals surface area contributed by atoms with Gasteiger partial charge >= 0.3 is 5.97 Å². The Balaban J connectivity index is 2.11. The van der Waals surface area contributed by atoms with E-state index in [4.69, 9.17) is 5.11 Å². The molecular weight excluding hydrogens is 240 g/mol. The predicted molar refractivity (Wildman–Crippen MR) is 63.7 cm³/mol. The Kier molecular flexibility index (Phi) is 3.00. The Morgan fingerprint density at radius 1 is 1.44 bits per heavy atom. The van der Waals surface area contributed by atoms with E-state index < -0.39 is 17.6 Å². The second-order valence-electron chi connectivity index (χ2n) is 5.39. The standard InChI is InChI=1S/C13H15F2NO2/c1-13(2)5-8(13)6-16-11-9(14)3-7(12(17)18)4-10(11)15/h3-4,8,16H,5-6H2,1-2H3,(H,17,18). The smallest absolute Gasteiger partial charge is 0.335 e. The number of nitrogens with one attached hydrogen (secondary N) is 1. The quantitative estimate of drug-likeness (QED) is 0.869. The highest BCUT2D eigenvalue weighted by atomic mass is 19.1. The summed E-state index contributed by atoms with van der Waals surface area (Å²) in [5, 5.41) is 11.4. The van der Waals surface area contributed by atoms with Crippen molar-refractivity contribution in [2.75, 3.05) is 11.9 Å². The van der Waals surface area contributed by atoms with Crippen LogP contribution >= 0.6 is 0 Å². The summed E-state index contributed by atoms with van der Waals surface area (Å²) >= 11 is 0. The molecule has 3 nitrogen and oxygen atoms in total. The van der Waals surface area contributed by atoms with Crippen molar-refractivity contribution in [1.29, 1.82) is 0 Å². The number of halogens is 2. The molecule has 1 saturated carbocycles. The molecule has 0 saturated heterocycles. The number of anilines is 1. The fourth-order valence-electron chi connectivity index (χ4n) is 2.02. The van der Waals surface area contributed by atoms with Crippen molar-refractivity contribution in [2.24, 2.45) is 11.3 Å². The van der Waals surface area contributed by atoms with Crippen LogP contribution in [0.5, 0.6) is 0 Å². The van der Waals surface area contributed by atoms with Crippen molar-refractivity contribution in [3.8, 4) is 0 Å². The van der Waals surface area contributed by atoms with Crippen molar-refractivity contribution in [1.82, 2.24) is 0 Å². The van der Waals surface area contributed by atoms with Crippen LogP contribution in [0.2, 0.25) is 0 Å². The van der Waals surface area contributed by atoms with Gasteiger partial charge in [0, 0.05) is 6.54 Å². The van der Waals surface area contributed by atoms with Gasteiger partial charge in [-0.25, -0.2) is 13.6 Å². The number of hydrogen-bond acceptors (Lipinski definition) is 2. The average Bonchev–Trinajstić information content (AvgIpc) is 2.84. The summed E-state index contributed by atoms with van der Waals surface area (Å²) in [6.45, 7) is 4.69. The van der Waals surface area contributed by atoms with E-state index in [0.29, 0.717) is 12.5 Å². The first-order valence-electron chi connectivity index (χ1n) is 5.77. The molecule has 1 unspecified atom stereocenters. The second-order valence-corrected chi connectivity index (χ2v) is 5.39. The highest BCUT2D eigenvalue weighted by Crippen LogP contribution is 2.51. The van der Waals surface area contributed by atoms with Crippen LogP contribution in [0.4, 0.5) is 14.5 Å². The minimum Gasteiger partial charge on any atom is -0.478 e. The maximum Gasteiger partial charge on any atom is 0.335 e. The van der Waals surface area contributed by atoms with Crippen LogP contribution in [-0.2, 0) is 0 Å². The van der Waals surface area contributed by atoms with E-state index in [0.717, 1.165) is 18.6 Å². The van der Waals surface area contributed by atoms with Crippen LogP contribution < -0.4 is 5.32 Å². The first-order chi connectivity index (χ1) is 8.31. The molecule has 0 aliphatic heterocycles. The molecule has 1 fully saturated rings. The van der Waals surface area contributed by atoms with Gasteiger partial charge in [-0.2, -0.15) is 0 Å². The van der Waals surface area contributed by atoms with E-state index in [1.54, 1.807) is 0 Å². The SMILES string of the molecule is CC1(C)CC1CNc1c(F)cc(C(=O)O)cc1F. The normalized spacial score (nSPS) is 20.6. The summed E-state index contributed by atoms with van der Waals surface area (Å²) < 4.78 is 27.1. The zero-order valence-corrected chi connectivity index (χ0v) is 10.3. The summed E-state index contributed by atoms with van der Waals surface area (Å²) in [7, 11) is 0. The van der Waals surface area contributed by atoms with Gasteiger partial charge in [0.05, 0.1) is 5.56 Å². The lowest BCUT2D eigenvalue weighted by Crippen LogP contribution is -2.11. The van der Waals surface area contributed by atoms with Gasteiger partial charge < -0.3 is 10.4 Å². The first-order valence-corrected chi connectivity index (χ1v) is 5.77. The lowest BCUT2D eigenvalue weighted by molar-refractivity contribution is 0.0696. The minimum atomic E-state index is -1.34. The molecule has 98 valence electrons. The number of carbonyl (C=O) groups is 1. The van der Waals surface area contributed by atoms with Crippen molar-refractivity contribution in [3.05, 3.63) is 29.3 Å². The van der Waals surface area contributed by atoms with Crippen LogP contribution in [0, 0.1) is 23.0 Å². The Labute approximate surface area is 104 Å². The summed E-state index contributed by atoms with van der Waals surface area (Å²) in [5.74, 6) is -2.69. The number of carboxylic acid groups (broad SMARTS) is 1. The van der Waals surface area contributed by atoms with E-state index in [2.05, 4.69) is 19.2 Å². The van der Waals surface area contributed by atoms with Crippen molar-refractivity contribution >= 4 is 11.7 Å². The molecule has 0 amide bonds. The van der Waals surface area contributed by atoms with Crippen LogP contribution in [0.15, 0.2) is 12.1 Å². The molecule has 1 aromatic carbocycles. The number of carboxylic acids is 1. The van der Waals surface area contributed by atoms with Crippen LogP contribution in [0.1, 0.15) is 30.6 Å².